The van der Waals surface area contributed by atoms with Crippen LogP contribution in [0.3, 0.4) is 0 Å². The van der Waals surface area contributed by atoms with Gasteiger partial charge >= 0.3 is 0 Å². The maximum atomic E-state index is 4.71. The molecule has 1 N–H and O–H groups in total. The normalized spacial score (nSPS) is 18.6. The summed E-state index contributed by atoms with van der Waals surface area (Å²) in [6.45, 7) is 8.78. The van der Waals surface area contributed by atoms with Gasteiger partial charge in [-0.3, -0.25) is 4.68 Å². The smallest absolute Gasteiger partial charge is 0.156 e. The van der Waals surface area contributed by atoms with Crippen LogP contribution in [0.1, 0.15) is 45.3 Å². The number of aromatic nitrogens is 3. The minimum Gasteiger partial charge on any atom is -0.317 e. The number of hydrogen-bond donors (Lipinski definition) is 1. The standard InChI is InChI=1S/C13H24N4/c1-13(2,3)12-15-11(17(4)16-12)9-10-5-7-14-8-6-10/h10,14H,5-9H2,1-4H3. The van der Waals surface area contributed by atoms with Crippen LogP contribution in [0.4, 0.5) is 0 Å². The highest BCUT2D eigenvalue weighted by molar-refractivity contribution is 5.04. The van der Waals surface area contributed by atoms with Crippen molar-refractivity contribution < 1.29 is 0 Å². The van der Waals surface area contributed by atoms with Crippen LogP contribution in [0.5, 0.6) is 0 Å². The molecule has 2 heterocycles. The van der Waals surface area contributed by atoms with E-state index in [1.807, 2.05) is 11.7 Å². The third-order valence-electron chi connectivity index (χ3n) is 3.45. The Balaban J connectivity index is 2.07. The number of nitrogens with one attached hydrogen (secondary N) is 1. The average molecular weight is 236 g/mol. The van der Waals surface area contributed by atoms with Crippen LogP contribution in [-0.4, -0.2) is 27.9 Å². The van der Waals surface area contributed by atoms with Gasteiger partial charge in [0.1, 0.15) is 5.82 Å². The summed E-state index contributed by atoms with van der Waals surface area (Å²) in [6, 6.07) is 0. The van der Waals surface area contributed by atoms with Crippen LogP contribution >= 0.6 is 0 Å². The van der Waals surface area contributed by atoms with Crippen molar-refractivity contribution in [1.82, 2.24) is 20.1 Å². The Hall–Kier alpha value is -0.900. The van der Waals surface area contributed by atoms with Crippen molar-refractivity contribution in [3.05, 3.63) is 11.6 Å². The molecule has 0 amide bonds. The minimum atomic E-state index is 0.0458. The lowest BCUT2D eigenvalue weighted by Crippen LogP contribution is -2.29. The summed E-state index contributed by atoms with van der Waals surface area (Å²) >= 11 is 0. The topological polar surface area (TPSA) is 42.7 Å². The SMILES string of the molecule is Cn1nc(C(C)(C)C)nc1CC1CCNCC1. The monoisotopic (exact) mass is 236 g/mol. The van der Waals surface area contributed by atoms with E-state index < -0.39 is 0 Å². The second-order valence-corrected chi connectivity index (χ2v) is 6.12. The first-order valence-electron chi connectivity index (χ1n) is 6.58. The fourth-order valence-corrected chi connectivity index (χ4v) is 2.26. The van der Waals surface area contributed by atoms with Crippen LogP contribution in [-0.2, 0) is 18.9 Å². The summed E-state index contributed by atoms with van der Waals surface area (Å²) in [5.74, 6) is 2.87. The highest BCUT2D eigenvalue weighted by Crippen LogP contribution is 2.21. The van der Waals surface area contributed by atoms with Crippen LogP contribution in [0.25, 0.3) is 0 Å². The Morgan fingerprint density at radius 3 is 2.47 bits per heavy atom. The lowest BCUT2D eigenvalue weighted by Gasteiger charge is -2.21. The van der Waals surface area contributed by atoms with Crippen molar-refractivity contribution in [1.29, 1.82) is 0 Å². The van der Waals surface area contributed by atoms with Crippen LogP contribution in [0, 0.1) is 5.92 Å². The Morgan fingerprint density at radius 2 is 1.94 bits per heavy atom. The molecule has 2 rings (SSSR count). The van der Waals surface area contributed by atoms with Crippen molar-refractivity contribution in [2.75, 3.05) is 13.1 Å². The van der Waals surface area contributed by atoms with Crippen molar-refractivity contribution in [2.24, 2.45) is 13.0 Å². The summed E-state index contributed by atoms with van der Waals surface area (Å²) in [5, 5.41) is 7.94. The Kier molecular flexibility index (Phi) is 3.52. The third-order valence-corrected chi connectivity index (χ3v) is 3.45. The third kappa shape index (κ3) is 3.06. The predicted octanol–water partition coefficient (Wildman–Crippen LogP) is 1.65. The predicted molar refractivity (Wildman–Crippen MR) is 69.0 cm³/mol. The molecule has 0 aliphatic carbocycles. The zero-order chi connectivity index (χ0) is 12.5. The lowest BCUT2D eigenvalue weighted by molar-refractivity contribution is 0.363. The van der Waals surface area contributed by atoms with Gasteiger partial charge in [-0.1, -0.05) is 20.8 Å². The summed E-state index contributed by atoms with van der Waals surface area (Å²) in [6.07, 6.45) is 3.59. The molecule has 96 valence electrons. The molecule has 0 aromatic carbocycles. The van der Waals surface area contributed by atoms with Crippen LogP contribution in [0.2, 0.25) is 0 Å². The average Bonchev–Trinajstić information content (AvgIpc) is 2.62. The molecule has 4 heteroatoms. The van der Waals surface area contributed by atoms with Gasteiger partial charge in [0.15, 0.2) is 5.82 Å². The van der Waals surface area contributed by atoms with Gasteiger partial charge in [0, 0.05) is 18.9 Å². The molecule has 1 aromatic heterocycles. The highest BCUT2D eigenvalue weighted by atomic mass is 15.3. The summed E-state index contributed by atoms with van der Waals surface area (Å²) in [4.78, 5) is 4.71. The molecule has 0 atom stereocenters. The molecule has 4 nitrogen and oxygen atoms in total. The highest BCUT2D eigenvalue weighted by Gasteiger charge is 2.22. The summed E-state index contributed by atoms with van der Waals surface area (Å²) in [7, 11) is 2.01. The Bertz CT molecular complexity index is 369. The van der Waals surface area contributed by atoms with E-state index in [2.05, 4.69) is 31.2 Å². The van der Waals surface area contributed by atoms with Crippen LogP contribution in [0.15, 0.2) is 0 Å². The maximum Gasteiger partial charge on any atom is 0.156 e. The molecule has 0 unspecified atom stereocenters. The quantitative estimate of drug-likeness (QED) is 0.849. The maximum absolute atomic E-state index is 4.71. The number of hydrogen-bond acceptors (Lipinski definition) is 3. The van der Waals surface area contributed by atoms with E-state index in [1.54, 1.807) is 0 Å². The molecule has 0 bridgehead atoms. The molecular formula is C13H24N4. The van der Waals surface area contributed by atoms with Crippen molar-refractivity contribution >= 4 is 0 Å². The van der Waals surface area contributed by atoms with Crippen molar-refractivity contribution in [3.8, 4) is 0 Å². The molecule has 17 heavy (non-hydrogen) atoms. The second kappa shape index (κ2) is 4.77. The van der Waals surface area contributed by atoms with E-state index in [1.165, 1.54) is 12.8 Å². The van der Waals surface area contributed by atoms with Gasteiger partial charge in [-0.05, 0) is 31.8 Å². The lowest BCUT2D eigenvalue weighted by atomic mass is 9.94. The largest absolute Gasteiger partial charge is 0.317 e. The summed E-state index contributed by atoms with van der Waals surface area (Å²) in [5.41, 5.74) is 0.0458. The Labute approximate surface area is 104 Å². The molecule has 1 aromatic rings. The fourth-order valence-electron chi connectivity index (χ4n) is 2.26. The molecule has 0 radical (unpaired) electrons. The van der Waals surface area contributed by atoms with Gasteiger partial charge < -0.3 is 5.32 Å². The molecular weight excluding hydrogens is 212 g/mol. The van der Waals surface area contributed by atoms with Crippen molar-refractivity contribution in [3.63, 3.8) is 0 Å². The first-order chi connectivity index (χ1) is 7.97. The zero-order valence-electron chi connectivity index (χ0n) is 11.5. The molecule has 0 spiro atoms. The van der Waals surface area contributed by atoms with E-state index in [4.69, 9.17) is 4.98 Å². The second-order valence-electron chi connectivity index (χ2n) is 6.12. The number of piperidine rings is 1. The number of rotatable bonds is 2. The van der Waals surface area contributed by atoms with E-state index in [0.29, 0.717) is 0 Å². The van der Waals surface area contributed by atoms with E-state index in [0.717, 1.165) is 37.1 Å². The molecule has 1 aliphatic heterocycles. The molecule has 0 saturated carbocycles. The van der Waals surface area contributed by atoms with E-state index >= 15 is 0 Å². The minimum absolute atomic E-state index is 0.0458. The fraction of sp³-hybridized carbons (Fsp3) is 0.846. The van der Waals surface area contributed by atoms with Gasteiger partial charge in [-0.15, -0.1) is 0 Å². The van der Waals surface area contributed by atoms with Gasteiger partial charge in [0.05, 0.1) is 0 Å². The van der Waals surface area contributed by atoms with Gasteiger partial charge in [0.25, 0.3) is 0 Å². The molecule has 1 aliphatic rings. The van der Waals surface area contributed by atoms with Gasteiger partial charge in [-0.25, -0.2) is 4.98 Å². The summed E-state index contributed by atoms with van der Waals surface area (Å²) < 4.78 is 1.96. The van der Waals surface area contributed by atoms with Gasteiger partial charge in [0.2, 0.25) is 0 Å². The van der Waals surface area contributed by atoms with E-state index in [9.17, 15) is 0 Å². The first kappa shape index (κ1) is 12.6. The number of aryl methyl sites for hydroxylation is 1. The molecule has 1 fully saturated rings. The molecule has 1 saturated heterocycles. The number of nitrogens with zero attached hydrogens (tertiary/aromatic N) is 3. The Morgan fingerprint density at radius 1 is 1.29 bits per heavy atom. The first-order valence-corrected chi connectivity index (χ1v) is 6.58. The van der Waals surface area contributed by atoms with E-state index in [-0.39, 0.29) is 5.41 Å². The van der Waals surface area contributed by atoms with Crippen molar-refractivity contribution in [2.45, 2.75) is 45.4 Å². The van der Waals surface area contributed by atoms with Gasteiger partial charge in [-0.2, -0.15) is 5.10 Å². The van der Waals surface area contributed by atoms with Crippen LogP contribution < -0.4 is 5.32 Å². The zero-order valence-corrected chi connectivity index (χ0v) is 11.5.